The minimum Gasteiger partial charge on any atom is -0.409 e. The Morgan fingerprint density at radius 3 is 3.18 bits per heavy atom. The van der Waals surface area contributed by atoms with Gasteiger partial charge in [0.15, 0.2) is 5.84 Å². The van der Waals surface area contributed by atoms with Gasteiger partial charge in [0.05, 0.1) is 18.0 Å². The third-order valence-electron chi connectivity index (χ3n) is 2.53. The van der Waals surface area contributed by atoms with Crippen molar-refractivity contribution in [2.24, 2.45) is 10.9 Å². The van der Waals surface area contributed by atoms with Crippen LogP contribution in [0.1, 0.15) is 9.67 Å². The van der Waals surface area contributed by atoms with E-state index in [2.05, 4.69) is 5.16 Å². The lowest BCUT2D eigenvalue weighted by Crippen LogP contribution is -2.50. The summed E-state index contributed by atoms with van der Waals surface area (Å²) in [6, 6.07) is 3.61. The number of morpholine rings is 1. The number of hydrogen-bond acceptors (Lipinski definition) is 5. The van der Waals surface area contributed by atoms with Crippen molar-refractivity contribution in [3.05, 3.63) is 22.4 Å². The highest BCUT2D eigenvalue weighted by Crippen LogP contribution is 2.14. The molecule has 0 aliphatic carbocycles. The molecule has 7 heteroatoms. The van der Waals surface area contributed by atoms with Crippen LogP contribution in [0.2, 0.25) is 0 Å². The Balaban J connectivity index is 2.05. The van der Waals surface area contributed by atoms with Gasteiger partial charge in [-0.15, -0.1) is 11.3 Å². The second-order valence-electron chi connectivity index (χ2n) is 3.61. The average Bonchev–Trinajstić information content (AvgIpc) is 2.91. The first kappa shape index (κ1) is 11.9. The van der Waals surface area contributed by atoms with Crippen LogP contribution in [0.3, 0.4) is 0 Å². The maximum Gasteiger partial charge on any atom is 0.264 e. The summed E-state index contributed by atoms with van der Waals surface area (Å²) in [5.74, 6) is -0.0484. The highest BCUT2D eigenvalue weighted by molar-refractivity contribution is 7.12. The monoisotopic (exact) mass is 255 g/mol. The van der Waals surface area contributed by atoms with Crippen LogP contribution in [0.5, 0.6) is 0 Å². The zero-order valence-electron chi connectivity index (χ0n) is 9.07. The topological polar surface area (TPSA) is 88.2 Å². The molecule has 1 unspecified atom stereocenters. The number of oxime groups is 1. The van der Waals surface area contributed by atoms with Crippen LogP contribution in [0.15, 0.2) is 22.7 Å². The number of amidine groups is 1. The molecule has 1 fully saturated rings. The maximum absolute atomic E-state index is 12.1. The molecule has 3 N–H and O–H groups in total. The lowest BCUT2D eigenvalue weighted by atomic mass is 10.2. The Kier molecular flexibility index (Phi) is 3.60. The second-order valence-corrected chi connectivity index (χ2v) is 4.56. The highest BCUT2D eigenvalue weighted by atomic mass is 32.1. The van der Waals surface area contributed by atoms with Crippen molar-refractivity contribution in [2.75, 3.05) is 19.7 Å². The van der Waals surface area contributed by atoms with E-state index in [1.165, 1.54) is 11.3 Å². The van der Waals surface area contributed by atoms with Gasteiger partial charge in [-0.05, 0) is 11.4 Å². The predicted molar refractivity (Wildman–Crippen MR) is 63.4 cm³/mol. The van der Waals surface area contributed by atoms with Gasteiger partial charge in [-0.2, -0.15) is 0 Å². The van der Waals surface area contributed by atoms with Crippen molar-refractivity contribution in [3.8, 4) is 0 Å². The molecule has 1 atom stereocenters. The number of carbonyl (C=O) groups excluding carboxylic acids is 1. The first-order chi connectivity index (χ1) is 8.22. The van der Waals surface area contributed by atoms with E-state index in [-0.39, 0.29) is 11.7 Å². The third kappa shape index (κ3) is 2.56. The Labute approximate surface area is 102 Å². The Hall–Kier alpha value is -1.60. The number of amides is 1. The number of rotatable bonds is 2. The van der Waals surface area contributed by atoms with E-state index in [4.69, 9.17) is 15.7 Å². The molecule has 0 aromatic carbocycles. The molecule has 1 aromatic heterocycles. The van der Waals surface area contributed by atoms with Gasteiger partial charge in [0.1, 0.15) is 6.10 Å². The van der Waals surface area contributed by atoms with E-state index >= 15 is 0 Å². The van der Waals surface area contributed by atoms with E-state index in [0.717, 1.165) is 0 Å². The van der Waals surface area contributed by atoms with E-state index in [1.54, 1.807) is 11.0 Å². The molecule has 2 heterocycles. The van der Waals surface area contributed by atoms with Crippen molar-refractivity contribution >= 4 is 23.1 Å². The van der Waals surface area contributed by atoms with Crippen LogP contribution in [-0.4, -0.2) is 47.7 Å². The van der Waals surface area contributed by atoms with Crippen molar-refractivity contribution in [3.63, 3.8) is 0 Å². The van der Waals surface area contributed by atoms with Crippen LogP contribution < -0.4 is 5.73 Å². The normalized spacial score (nSPS) is 21.5. The smallest absolute Gasteiger partial charge is 0.264 e. The van der Waals surface area contributed by atoms with Gasteiger partial charge in [-0.1, -0.05) is 11.2 Å². The van der Waals surface area contributed by atoms with Gasteiger partial charge in [0.25, 0.3) is 5.91 Å². The van der Waals surface area contributed by atoms with E-state index < -0.39 is 6.10 Å². The van der Waals surface area contributed by atoms with Crippen LogP contribution in [0.4, 0.5) is 0 Å². The number of nitrogens with two attached hydrogens (primary N) is 1. The van der Waals surface area contributed by atoms with Crippen LogP contribution in [0.25, 0.3) is 0 Å². The summed E-state index contributed by atoms with van der Waals surface area (Å²) in [6.45, 7) is 1.22. The lowest BCUT2D eigenvalue weighted by molar-refractivity contribution is 0.00699. The second kappa shape index (κ2) is 5.15. The fraction of sp³-hybridized carbons (Fsp3) is 0.400. The number of hydrogen-bond donors (Lipinski definition) is 2. The maximum atomic E-state index is 12.1. The van der Waals surface area contributed by atoms with Gasteiger partial charge in [-0.3, -0.25) is 4.79 Å². The SMILES string of the molecule is N/C(=N\O)C1CN(C(=O)c2cccs2)CCO1. The minimum atomic E-state index is -0.530. The van der Waals surface area contributed by atoms with Crippen molar-refractivity contribution in [2.45, 2.75) is 6.10 Å². The summed E-state index contributed by atoms with van der Waals surface area (Å²) in [6.07, 6.45) is -0.530. The molecular formula is C10H13N3O3S. The summed E-state index contributed by atoms with van der Waals surface area (Å²) < 4.78 is 5.32. The molecule has 1 aromatic rings. The molecule has 17 heavy (non-hydrogen) atoms. The fourth-order valence-electron chi connectivity index (χ4n) is 1.63. The van der Waals surface area contributed by atoms with Gasteiger partial charge in [-0.25, -0.2) is 0 Å². The van der Waals surface area contributed by atoms with Crippen molar-refractivity contribution in [1.82, 2.24) is 4.90 Å². The average molecular weight is 255 g/mol. The van der Waals surface area contributed by atoms with Gasteiger partial charge in [0.2, 0.25) is 0 Å². The Bertz CT molecular complexity index is 418. The molecule has 1 saturated heterocycles. The summed E-state index contributed by atoms with van der Waals surface area (Å²) >= 11 is 1.40. The third-order valence-corrected chi connectivity index (χ3v) is 3.39. The van der Waals surface area contributed by atoms with Gasteiger partial charge >= 0.3 is 0 Å². The van der Waals surface area contributed by atoms with Crippen LogP contribution in [0, 0.1) is 0 Å². The molecule has 0 spiro atoms. The molecule has 6 nitrogen and oxygen atoms in total. The Morgan fingerprint density at radius 1 is 1.71 bits per heavy atom. The molecule has 92 valence electrons. The van der Waals surface area contributed by atoms with Crippen molar-refractivity contribution < 1.29 is 14.7 Å². The summed E-state index contributed by atoms with van der Waals surface area (Å²) in [7, 11) is 0. The predicted octanol–water partition coefficient (Wildman–Crippen LogP) is 0.335. The standard InChI is InChI=1S/C10H13N3O3S/c11-9(12-15)7-6-13(3-4-16-7)10(14)8-2-1-5-17-8/h1-2,5,7,15H,3-4,6H2,(H2,11,12). The summed E-state index contributed by atoms with van der Waals surface area (Å²) in [5, 5.41) is 13.3. The number of carbonyl (C=O) groups is 1. The summed E-state index contributed by atoms with van der Waals surface area (Å²) in [4.78, 5) is 14.4. The molecular weight excluding hydrogens is 242 g/mol. The first-order valence-corrected chi connectivity index (χ1v) is 6.02. The summed E-state index contributed by atoms with van der Waals surface area (Å²) in [5.41, 5.74) is 5.47. The molecule has 2 rings (SSSR count). The molecule has 1 aliphatic rings. The van der Waals surface area contributed by atoms with Gasteiger partial charge in [0, 0.05) is 6.54 Å². The quantitative estimate of drug-likeness (QED) is 0.345. The fourth-order valence-corrected chi connectivity index (χ4v) is 2.32. The van der Waals surface area contributed by atoms with E-state index in [9.17, 15) is 4.79 Å². The van der Waals surface area contributed by atoms with E-state index in [1.807, 2.05) is 11.4 Å². The lowest BCUT2D eigenvalue weighted by Gasteiger charge is -2.31. The highest BCUT2D eigenvalue weighted by Gasteiger charge is 2.27. The van der Waals surface area contributed by atoms with Crippen molar-refractivity contribution in [1.29, 1.82) is 0 Å². The minimum absolute atomic E-state index is 0.00585. The van der Waals surface area contributed by atoms with E-state index in [0.29, 0.717) is 24.6 Å². The molecule has 0 saturated carbocycles. The molecule has 1 aliphatic heterocycles. The number of nitrogens with zero attached hydrogens (tertiary/aromatic N) is 2. The first-order valence-electron chi connectivity index (χ1n) is 5.14. The Morgan fingerprint density at radius 2 is 2.53 bits per heavy atom. The molecule has 1 amide bonds. The number of ether oxygens (including phenoxy) is 1. The largest absolute Gasteiger partial charge is 0.409 e. The van der Waals surface area contributed by atoms with Crippen LogP contribution >= 0.6 is 11.3 Å². The van der Waals surface area contributed by atoms with Gasteiger partial charge < -0.3 is 20.6 Å². The van der Waals surface area contributed by atoms with Crippen LogP contribution in [-0.2, 0) is 4.74 Å². The zero-order valence-corrected chi connectivity index (χ0v) is 9.89. The zero-order chi connectivity index (χ0) is 12.3. The number of thiophene rings is 1. The molecule has 0 bridgehead atoms. The molecule has 0 radical (unpaired) electrons.